The number of rotatable bonds is 10. The average Bonchev–Trinajstić information content (AvgIpc) is 2.75. The van der Waals surface area contributed by atoms with E-state index >= 15 is 0 Å². The van der Waals surface area contributed by atoms with E-state index in [9.17, 15) is 4.39 Å². The molecule has 0 amide bonds. The molecule has 0 bridgehead atoms. The molecule has 0 aromatic heterocycles. The Morgan fingerprint density at radius 2 is 1.59 bits per heavy atom. The molecule has 2 fully saturated rings. The van der Waals surface area contributed by atoms with Crippen molar-refractivity contribution in [2.45, 2.75) is 103 Å². The Balaban J connectivity index is 1.42. The van der Waals surface area contributed by atoms with Crippen molar-refractivity contribution in [2.24, 2.45) is 11.8 Å². The van der Waals surface area contributed by atoms with Gasteiger partial charge in [0, 0.05) is 11.8 Å². The Kier molecular flexibility index (Phi) is 9.45. The molecule has 3 rings (SSSR count). The Morgan fingerprint density at radius 1 is 0.897 bits per heavy atom. The van der Waals surface area contributed by atoms with Gasteiger partial charge in [-0.2, -0.15) is 0 Å². The Labute approximate surface area is 177 Å². The summed E-state index contributed by atoms with van der Waals surface area (Å²) in [7, 11) is 0. The van der Waals surface area contributed by atoms with Crippen LogP contribution in [0.2, 0.25) is 0 Å². The van der Waals surface area contributed by atoms with Crippen LogP contribution in [0, 0.1) is 17.7 Å². The third-order valence-electron chi connectivity index (χ3n) is 6.94. The minimum atomic E-state index is -0.0378. The van der Waals surface area contributed by atoms with E-state index in [1.165, 1.54) is 38.5 Å². The van der Waals surface area contributed by atoms with Crippen LogP contribution in [-0.4, -0.2) is 19.5 Å². The highest BCUT2D eigenvalue weighted by atomic mass is 19.1. The number of hydrogen-bond donors (Lipinski definition) is 0. The second kappa shape index (κ2) is 12.1. The first-order valence-electron chi connectivity index (χ1n) is 12.2. The lowest BCUT2D eigenvalue weighted by Crippen LogP contribution is -2.38. The summed E-state index contributed by atoms with van der Waals surface area (Å²) in [6.07, 6.45) is 13.9. The van der Waals surface area contributed by atoms with Crippen molar-refractivity contribution >= 4 is 0 Å². The third-order valence-corrected chi connectivity index (χ3v) is 6.94. The van der Waals surface area contributed by atoms with Crippen LogP contribution >= 0.6 is 0 Å². The van der Waals surface area contributed by atoms with Gasteiger partial charge in [0.1, 0.15) is 5.82 Å². The van der Waals surface area contributed by atoms with Crippen LogP contribution in [0.25, 0.3) is 0 Å². The van der Waals surface area contributed by atoms with Crippen LogP contribution in [0.15, 0.2) is 18.2 Å². The van der Waals surface area contributed by atoms with Crippen LogP contribution in [0.5, 0.6) is 0 Å². The van der Waals surface area contributed by atoms with E-state index in [2.05, 4.69) is 26.0 Å². The fourth-order valence-corrected chi connectivity index (χ4v) is 5.02. The molecule has 2 nitrogen and oxygen atoms in total. The Hall–Kier alpha value is -0.930. The van der Waals surface area contributed by atoms with Crippen LogP contribution in [0.3, 0.4) is 0 Å². The monoisotopic (exact) mass is 404 g/mol. The molecule has 164 valence electrons. The van der Waals surface area contributed by atoms with Gasteiger partial charge >= 0.3 is 0 Å². The molecule has 3 heteroatoms. The highest BCUT2D eigenvalue weighted by Gasteiger charge is 2.33. The third kappa shape index (κ3) is 6.79. The summed E-state index contributed by atoms with van der Waals surface area (Å²) in [4.78, 5) is 0. The first-order chi connectivity index (χ1) is 14.2. The first-order valence-corrected chi connectivity index (χ1v) is 12.2. The normalized spacial score (nSPS) is 27.8. The standard InChI is InChI=1S/C26H41FO2/c1-3-5-7-9-20-11-16-24(25(27)17-20)22-12-14-23(15-13-22)26-28-18-21(19-29-26)10-8-6-4-2/h11,16-17,21-23,26H,3-10,12-15,18-19H2,1-2H3. The van der Waals surface area contributed by atoms with Crippen LogP contribution in [0.1, 0.15) is 102 Å². The predicted molar refractivity (Wildman–Crippen MR) is 118 cm³/mol. The molecule has 1 saturated carbocycles. The number of ether oxygens (including phenoxy) is 2. The first kappa shape index (κ1) is 22.7. The maximum Gasteiger partial charge on any atom is 0.160 e. The molecule has 2 aliphatic rings. The van der Waals surface area contributed by atoms with Gasteiger partial charge < -0.3 is 9.47 Å². The quantitative estimate of drug-likeness (QED) is 0.378. The molecule has 0 atom stereocenters. The second-order valence-electron chi connectivity index (χ2n) is 9.32. The lowest BCUT2D eigenvalue weighted by Gasteiger charge is -2.37. The second-order valence-corrected chi connectivity index (χ2v) is 9.32. The molecular formula is C26H41FO2. The Morgan fingerprint density at radius 3 is 2.24 bits per heavy atom. The van der Waals surface area contributed by atoms with Crippen molar-refractivity contribution in [1.29, 1.82) is 0 Å². The Bertz CT molecular complexity index is 586. The maximum absolute atomic E-state index is 14.7. The minimum absolute atomic E-state index is 0.00235. The molecule has 0 spiro atoms. The molecule has 0 unspecified atom stereocenters. The number of halogens is 1. The van der Waals surface area contributed by atoms with Crippen molar-refractivity contribution in [1.82, 2.24) is 0 Å². The fourth-order valence-electron chi connectivity index (χ4n) is 5.02. The van der Waals surface area contributed by atoms with Crippen molar-refractivity contribution < 1.29 is 13.9 Å². The van der Waals surface area contributed by atoms with Crippen molar-refractivity contribution in [2.75, 3.05) is 13.2 Å². The lowest BCUT2D eigenvalue weighted by molar-refractivity contribution is -0.229. The van der Waals surface area contributed by atoms with Crippen molar-refractivity contribution in [3.63, 3.8) is 0 Å². The van der Waals surface area contributed by atoms with Gasteiger partial charge in [-0.05, 0) is 68.1 Å². The van der Waals surface area contributed by atoms with E-state index < -0.39 is 0 Å². The molecule has 29 heavy (non-hydrogen) atoms. The topological polar surface area (TPSA) is 18.5 Å². The highest BCUT2D eigenvalue weighted by Crippen LogP contribution is 2.40. The smallest absolute Gasteiger partial charge is 0.160 e. The minimum Gasteiger partial charge on any atom is -0.352 e. The van der Waals surface area contributed by atoms with Crippen LogP contribution in [0.4, 0.5) is 4.39 Å². The summed E-state index contributed by atoms with van der Waals surface area (Å²) in [5, 5.41) is 0. The number of aryl methyl sites for hydroxylation is 1. The fraction of sp³-hybridized carbons (Fsp3) is 0.769. The van der Waals surface area contributed by atoms with E-state index in [1.807, 2.05) is 0 Å². The molecular weight excluding hydrogens is 363 g/mol. The molecule has 1 heterocycles. The van der Waals surface area contributed by atoms with E-state index in [4.69, 9.17) is 9.47 Å². The summed E-state index contributed by atoms with van der Waals surface area (Å²) in [5.41, 5.74) is 2.06. The number of benzene rings is 1. The zero-order chi connectivity index (χ0) is 20.5. The van der Waals surface area contributed by atoms with Gasteiger partial charge in [0.25, 0.3) is 0 Å². The summed E-state index contributed by atoms with van der Waals surface area (Å²) in [5.74, 6) is 1.39. The van der Waals surface area contributed by atoms with Gasteiger partial charge in [-0.1, -0.05) is 58.1 Å². The molecule has 1 saturated heterocycles. The van der Waals surface area contributed by atoms with Crippen molar-refractivity contribution in [3.05, 3.63) is 35.1 Å². The van der Waals surface area contributed by atoms with Crippen molar-refractivity contribution in [3.8, 4) is 0 Å². The van der Waals surface area contributed by atoms with Gasteiger partial charge in [-0.25, -0.2) is 4.39 Å². The van der Waals surface area contributed by atoms with Crippen LogP contribution in [-0.2, 0) is 15.9 Å². The summed E-state index contributed by atoms with van der Waals surface area (Å²) >= 11 is 0. The van der Waals surface area contributed by atoms with E-state index in [0.717, 1.165) is 62.9 Å². The van der Waals surface area contributed by atoms with Crippen LogP contribution < -0.4 is 0 Å². The summed E-state index contributed by atoms with van der Waals surface area (Å²) in [6, 6.07) is 5.98. The highest BCUT2D eigenvalue weighted by molar-refractivity contribution is 5.27. The zero-order valence-corrected chi connectivity index (χ0v) is 18.6. The van der Waals surface area contributed by atoms with E-state index in [1.54, 1.807) is 6.07 Å². The number of hydrogen-bond acceptors (Lipinski definition) is 2. The van der Waals surface area contributed by atoms with E-state index in [0.29, 0.717) is 17.8 Å². The molecule has 1 aromatic rings. The molecule has 1 aliphatic heterocycles. The molecule has 1 aliphatic carbocycles. The summed E-state index contributed by atoms with van der Waals surface area (Å²) < 4.78 is 26.9. The molecule has 0 radical (unpaired) electrons. The lowest BCUT2D eigenvalue weighted by atomic mass is 9.78. The average molecular weight is 405 g/mol. The maximum atomic E-state index is 14.7. The van der Waals surface area contributed by atoms with Gasteiger partial charge in [-0.3, -0.25) is 0 Å². The van der Waals surface area contributed by atoms with Gasteiger partial charge in [-0.15, -0.1) is 0 Å². The molecule has 0 N–H and O–H groups in total. The van der Waals surface area contributed by atoms with Gasteiger partial charge in [0.15, 0.2) is 6.29 Å². The largest absolute Gasteiger partial charge is 0.352 e. The predicted octanol–water partition coefficient (Wildman–Crippen LogP) is 7.40. The SMILES string of the molecule is CCCCCc1ccc(C2CCC(C3OCC(CCCCC)CO3)CC2)c(F)c1. The zero-order valence-electron chi connectivity index (χ0n) is 18.6. The summed E-state index contributed by atoms with van der Waals surface area (Å²) in [6.45, 7) is 6.15. The number of unbranched alkanes of at least 4 members (excludes halogenated alkanes) is 4. The van der Waals surface area contributed by atoms with Gasteiger partial charge in [0.2, 0.25) is 0 Å². The van der Waals surface area contributed by atoms with Gasteiger partial charge in [0.05, 0.1) is 13.2 Å². The van der Waals surface area contributed by atoms with E-state index in [-0.39, 0.29) is 12.1 Å². The molecule has 1 aromatic carbocycles.